The van der Waals surface area contributed by atoms with Gasteiger partial charge in [-0.05, 0) is 48.5 Å². The highest BCUT2D eigenvalue weighted by Crippen LogP contribution is 2.24. The van der Waals surface area contributed by atoms with Gasteiger partial charge in [-0.25, -0.2) is 17.2 Å². The smallest absolute Gasteiger partial charge is 0.264 e. The first-order valence-electron chi connectivity index (χ1n) is 8.27. The molecule has 1 fully saturated rings. The van der Waals surface area contributed by atoms with Crippen molar-refractivity contribution in [1.29, 1.82) is 0 Å². The van der Waals surface area contributed by atoms with Crippen LogP contribution in [0.3, 0.4) is 0 Å². The zero-order chi connectivity index (χ0) is 19.4. The molecule has 0 bridgehead atoms. The molecule has 0 spiro atoms. The Morgan fingerprint density at radius 2 is 1.48 bits per heavy atom. The Labute approximate surface area is 156 Å². The van der Waals surface area contributed by atoms with Crippen LogP contribution >= 0.6 is 0 Å². The van der Waals surface area contributed by atoms with Gasteiger partial charge < -0.3 is 9.64 Å². The SMILES string of the molecule is O=C(CN(c1ccc(F)cc1)S(=O)(=O)c1ccc(F)cc1)N1CCOCC1. The Hall–Kier alpha value is -2.52. The van der Waals surface area contributed by atoms with Crippen molar-refractivity contribution in [1.82, 2.24) is 4.90 Å². The minimum Gasteiger partial charge on any atom is -0.378 e. The first-order chi connectivity index (χ1) is 12.9. The number of carbonyl (C=O) groups excluding carboxylic acids is 1. The molecule has 0 unspecified atom stereocenters. The standard InChI is InChI=1S/C18H18F2N2O4S/c19-14-1-5-16(6-2-14)22(13-18(23)21-9-11-26-12-10-21)27(24,25)17-7-3-15(20)4-8-17/h1-8H,9-13H2. The summed E-state index contributed by atoms with van der Waals surface area (Å²) in [5.41, 5.74) is 0.141. The highest BCUT2D eigenvalue weighted by atomic mass is 32.2. The summed E-state index contributed by atoms with van der Waals surface area (Å²) in [5.74, 6) is -1.50. The number of sulfonamides is 1. The first kappa shape index (κ1) is 19.2. The second-order valence-electron chi connectivity index (χ2n) is 5.94. The highest BCUT2D eigenvalue weighted by molar-refractivity contribution is 7.92. The van der Waals surface area contributed by atoms with Crippen LogP contribution in [0.2, 0.25) is 0 Å². The average Bonchev–Trinajstić information content (AvgIpc) is 2.68. The van der Waals surface area contributed by atoms with Crippen LogP contribution in [0.4, 0.5) is 14.5 Å². The van der Waals surface area contributed by atoms with E-state index in [0.29, 0.717) is 26.3 Å². The lowest BCUT2D eigenvalue weighted by Gasteiger charge is -2.30. The van der Waals surface area contributed by atoms with E-state index < -0.39 is 34.1 Å². The second kappa shape index (κ2) is 8.01. The quantitative estimate of drug-likeness (QED) is 0.776. The fourth-order valence-corrected chi connectivity index (χ4v) is 4.11. The van der Waals surface area contributed by atoms with Gasteiger partial charge >= 0.3 is 0 Å². The van der Waals surface area contributed by atoms with Crippen molar-refractivity contribution in [2.24, 2.45) is 0 Å². The Balaban J connectivity index is 1.95. The number of rotatable bonds is 5. The predicted octanol–water partition coefficient (Wildman–Crippen LogP) is 2.02. The molecule has 1 saturated heterocycles. The minimum atomic E-state index is -4.15. The lowest BCUT2D eigenvalue weighted by molar-refractivity contribution is -0.133. The summed E-state index contributed by atoms with van der Waals surface area (Å²) in [5, 5.41) is 0. The van der Waals surface area contributed by atoms with E-state index in [0.717, 1.165) is 40.7 Å². The van der Waals surface area contributed by atoms with Crippen molar-refractivity contribution >= 4 is 21.6 Å². The molecule has 1 aliphatic heterocycles. The molecule has 9 heteroatoms. The van der Waals surface area contributed by atoms with Gasteiger partial charge in [0, 0.05) is 13.1 Å². The van der Waals surface area contributed by atoms with Crippen molar-refractivity contribution in [2.75, 3.05) is 37.2 Å². The number of halogens is 2. The summed E-state index contributed by atoms with van der Waals surface area (Å²) in [6, 6.07) is 9.09. The molecule has 1 aliphatic rings. The number of benzene rings is 2. The van der Waals surface area contributed by atoms with Gasteiger partial charge in [-0.1, -0.05) is 0 Å². The third-order valence-electron chi connectivity index (χ3n) is 4.16. The number of amides is 1. The molecule has 6 nitrogen and oxygen atoms in total. The Morgan fingerprint density at radius 3 is 2.04 bits per heavy atom. The molecule has 1 amide bonds. The second-order valence-corrected chi connectivity index (χ2v) is 7.80. The van der Waals surface area contributed by atoms with Crippen LogP contribution in [0.15, 0.2) is 53.4 Å². The molecule has 0 aliphatic carbocycles. The van der Waals surface area contributed by atoms with Gasteiger partial charge in [-0.15, -0.1) is 0 Å². The van der Waals surface area contributed by atoms with Gasteiger partial charge in [0.15, 0.2) is 0 Å². The maximum atomic E-state index is 13.3. The van der Waals surface area contributed by atoms with E-state index in [-0.39, 0.29) is 10.6 Å². The first-order valence-corrected chi connectivity index (χ1v) is 9.71. The maximum absolute atomic E-state index is 13.3. The van der Waals surface area contributed by atoms with Crippen LogP contribution in [0.1, 0.15) is 0 Å². The van der Waals surface area contributed by atoms with Crippen LogP contribution in [-0.2, 0) is 19.6 Å². The Morgan fingerprint density at radius 1 is 0.963 bits per heavy atom. The lowest BCUT2D eigenvalue weighted by atomic mass is 10.3. The Kier molecular flexibility index (Phi) is 5.71. The number of anilines is 1. The molecule has 0 radical (unpaired) electrons. The molecule has 3 rings (SSSR count). The molecule has 144 valence electrons. The van der Waals surface area contributed by atoms with Crippen LogP contribution < -0.4 is 4.31 Å². The van der Waals surface area contributed by atoms with Crippen molar-refractivity contribution in [3.63, 3.8) is 0 Å². The molecule has 0 atom stereocenters. The number of carbonyl (C=O) groups is 1. The lowest BCUT2D eigenvalue weighted by Crippen LogP contribution is -2.47. The van der Waals surface area contributed by atoms with E-state index in [1.54, 1.807) is 0 Å². The monoisotopic (exact) mass is 396 g/mol. The number of nitrogens with zero attached hydrogens (tertiary/aromatic N) is 2. The fraction of sp³-hybridized carbons (Fsp3) is 0.278. The van der Waals surface area contributed by atoms with E-state index in [2.05, 4.69) is 0 Å². The van der Waals surface area contributed by atoms with E-state index in [9.17, 15) is 22.0 Å². The van der Waals surface area contributed by atoms with Gasteiger partial charge in [0.2, 0.25) is 5.91 Å². The third-order valence-corrected chi connectivity index (χ3v) is 5.95. The number of hydrogen-bond donors (Lipinski definition) is 0. The zero-order valence-electron chi connectivity index (χ0n) is 14.3. The van der Waals surface area contributed by atoms with Crippen LogP contribution in [-0.4, -0.2) is 52.1 Å². The number of hydrogen-bond acceptors (Lipinski definition) is 4. The van der Waals surface area contributed by atoms with Gasteiger partial charge in [-0.3, -0.25) is 9.10 Å². The summed E-state index contributed by atoms with van der Waals surface area (Å²) < 4.78 is 58.7. The molecule has 1 heterocycles. The molecule has 0 aromatic heterocycles. The van der Waals surface area contributed by atoms with Gasteiger partial charge in [0.05, 0.1) is 23.8 Å². The Bertz CT molecular complexity index is 896. The molecule has 2 aromatic carbocycles. The van der Waals surface area contributed by atoms with Gasteiger partial charge in [0.1, 0.15) is 18.2 Å². The summed E-state index contributed by atoms with van der Waals surface area (Å²) in [6.07, 6.45) is 0. The molecule has 27 heavy (non-hydrogen) atoms. The van der Waals surface area contributed by atoms with Crippen molar-refractivity contribution in [3.8, 4) is 0 Å². The third kappa shape index (κ3) is 4.42. The zero-order valence-corrected chi connectivity index (χ0v) is 15.2. The molecular formula is C18H18F2N2O4S. The average molecular weight is 396 g/mol. The minimum absolute atomic E-state index is 0.141. The van der Waals surface area contributed by atoms with Crippen LogP contribution in [0.25, 0.3) is 0 Å². The van der Waals surface area contributed by atoms with Gasteiger partial charge in [-0.2, -0.15) is 0 Å². The van der Waals surface area contributed by atoms with Gasteiger partial charge in [0.25, 0.3) is 10.0 Å². The van der Waals surface area contributed by atoms with Crippen molar-refractivity contribution in [2.45, 2.75) is 4.90 Å². The predicted molar refractivity (Wildman–Crippen MR) is 94.7 cm³/mol. The summed E-state index contributed by atoms with van der Waals surface area (Å²) in [4.78, 5) is 14.0. The van der Waals surface area contributed by atoms with E-state index in [4.69, 9.17) is 4.74 Å². The van der Waals surface area contributed by atoms with E-state index in [1.807, 2.05) is 0 Å². The fourth-order valence-electron chi connectivity index (χ4n) is 2.69. The summed E-state index contributed by atoms with van der Waals surface area (Å²) >= 11 is 0. The normalized spacial score (nSPS) is 14.8. The van der Waals surface area contributed by atoms with Crippen LogP contribution in [0, 0.1) is 11.6 Å². The van der Waals surface area contributed by atoms with E-state index in [1.165, 1.54) is 17.0 Å². The summed E-state index contributed by atoms with van der Waals surface area (Å²) in [6.45, 7) is 1.05. The number of ether oxygens (including phenoxy) is 1. The highest BCUT2D eigenvalue weighted by Gasteiger charge is 2.29. The topological polar surface area (TPSA) is 66.9 Å². The van der Waals surface area contributed by atoms with E-state index >= 15 is 0 Å². The molecular weight excluding hydrogens is 378 g/mol. The maximum Gasteiger partial charge on any atom is 0.264 e. The molecule has 0 N–H and O–H groups in total. The number of morpholine rings is 1. The largest absolute Gasteiger partial charge is 0.378 e. The molecule has 2 aromatic rings. The van der Waals surface area contributed by atoms with Crippen LogP contribution in [0.5, 0.6) is 0 Å². The molecule has 0 saturated carbocycles. The van der Waals surface area contributed by atoms with Crippen molar-refractivity contribution < 1.29 is 26.7 Å². The summed E-state index contributed by atoms with van der Waals surface area (Å²) in [7, 11) is -4.15. The van der Waals surface area contributed by atoms with Crippen molar-refractivity contribution in [3.05, 3.63) is 60.2 Å².